The van der Waals surface area contributed by atoms with Gasteiger partial charge in [0, 0.05) is 19.8 Å². The van der Waals surface area contributed by atoms with Crippen LogP contribution in [0.25, 0.3) is 0 Å². The molecule has 2 spiro atoms. The van der Waals surface area contributed by atoms with Crippen molar-refractivity contribution in [2.24, 2.45) is 44.8 Å². The third-order valence-corrected chi connectivity index (χ3v) is 17.8. The summed E-state index contributed by atoms with van der Waals surface area (Å²) in [6.45, 7) is 16.7. The zero-order valence-electron chi connectivity index (χ0n) is 36.3. The number of carbonyl (C=O) groups is 2. The van der Waals surface area contributed by atoms with Gasteiger partial charge < -0.3 is 63.8 Å². The number of aliphatic hydroxyl groups is 6. The Balaban J connectivity index is 1.13. The zero-order valence-corrected chi connectivity index (χ0v) is 36.3. The Morgan fingerprint density at radius 1 is 0.695 bits per heavy atom. The van der Waals surface area contributed by atoms with Crippen LogP contribution < -0.4 is 0 Å². The molecule has 0 aromatic carbocycles. The predicted molar refractivity (Wildman–Crippen MR) is 207 cm³/mol. The van der Waals surface area contributed by atoms with E-state index in [0.29, 0.717) is 25.7 Å². The average molecular weight is 839 g/mol. The van der Waals surface area contributed by atoms with Gasteiger partial charge in [-0.25, -0.2) is 0 Å². The van der Waals surface area contributed by atoms with Crippen LogP contribution in [0.15, 0.2) is 0 Å². The summed E-state index contributed by atoms with van der Waals surface area (Å²) in [6, 6.07) is 0. The summed E-state index contributed by atoms with van der Waals surface area (Å²) in [4.78, 5) is 24.4. The van der Waals surface area contributed by atoms with Crippen LogP contribution in [0.2, 0.25) is 0 Å². The smallest absolute Gasteiger partial charge is 0.303 e. The largest absolute Gasteiger partial charge is 0.455 e. The summed E-state index contributed by atoms with van der Waals surface area (Å²) < 4.78 is 43.5. The highest BCUT2D eigenvalue weighted by atomic mass is 16.7. The van der Waals surface area contributed by atoms with Crippen molar-refractivity contribution >= 4 is 11.9 Å². The van der Waals surface area contributed by atoms with E-state index >= 15 is 0 Å². The first-order valence-electron chi connectivity index (χ1n) is 22.0. The van der Waals surface area contributed by atoms with Crippen LogP contribution in [0.5, 0.6) is 0 Å². The number of ether oxygens (including phenoxy) is 7. The predicted octanol–water partition coefficient (Wildman–Crippen LogP) is 2.50. The van der Waals surface area contributed by atoms with Gasteiger partial charge in [0.15, 0.2) is 24.8 Å². The van der Waals surface area contributed by atoms with Crippen LogP contribution >= 0.6 is 0 Å². The average Bonchev–Trinajstić information content (AvgIpc) is 3.49. The molecule has 5 aliphatic carbocycles. The van der Waals surface area contributed by atoms with Crippen LogP contribution in [0.1, 0.15) is 120 Å². The summed E-state index contributed by atoms with van der Waals surface area (Å²) in [5.74, 6) is -1.47. The van der Waals surface area contributed by atoms with E-state index in [1.54, 1.807) is 13.8 Å². The van der Waals surface area contributed by atoms with Gasteiger partial charge in [-0.1, -0.05) is 27.7 Å². The van der Waals surface area contributed by atoms with Crippen molar-refractivity contribution in [1.29, 1.82) is 0 Å². The fraction of sp³-hybridized carbons (Fsp3) is 0.955. The van der Waals surface area contributed by atoms with E-state index in [1.807, 2.05) is 0 Å². The lowest BCUT2D eigenvalue weighted by molar-refractivity contribution is -0.327. The Kier molecular flexibility index (Phi) is 10.9. The fourth-order valence-corrected chi connectivity index (χ4v) is 15.2. The monoisotopic (exact) mass is 838 g/mol. The van der Waals surface area contributed by atoms with Crippen LogP contribution in [0, 0.1) is 44.8 Å². The second-order valence-electron chi connectivity index (χ2n) is 21.8. The van der Waals surface area contributed by atoms with E-state index < -0.39 is 96.1 Å². The summed E-state index contributed by atoms with van der Waals surface area (Å²) >= 11 is 0. The molecule has 8 aliphatic rings. The minimum atomic E-state index is -1.49. The third-order valence-electron chi connectivity index (χ3n) is 17.8. The van der Waals surface area contributed by atoms with Gasteiger partial charge >= 0.3 is 11.9 Å². The Labute approximate surface area is 347 Å². The number of carbonyl (C=O) groups excluding carboxylic acids is 2. The number of hydrogen-bond acceptors (Lipinski definition) is 15. The molecule has 8 rings (SSSR count). The van der Waals surface area contributed by atoms with Crippen molar-refractivity contribution in [3.63, 3.8) is 0 Å². The van der Waals surface area contributed by atoms with E-state index in [4.69, 9.17) is 33.2 Å². The van der Waals surface area contributed by atoms with Crippen LogP contribution in [0.4, 0.5) is 0 Å². The summed E-state index contributed by atoms with van der Waals surface area (Å²) in [6.07, 6.45) is -5.24. The molecule has 59 heavy (non-hydrogen) atoms. The quantitative estimate of drug-likeness (QED) is 0.153. The van der Waals surface area contributed by atoms with Gasteiger partial charge in [-0.3, -0.25) is 9.59 Å². The van der Waals surface area contributed by atoms with Crippen molar-refractivity contribution in [3.8, 4) is 0 Å². The number of hydrogen-bond donors (Lipinski definition) is 6. The minimum Gasteiger partial charge on any atom is -0.455 e. The molecule has 15 heteroatoms. The topological polar surface area (TPSA) is 220 Å². The van der Waals surface area contributed by atoms with Crippen molar-refractivity contribution in [1.82, 2.24) is 0 Å². The maximum absolute atomic E-state index is 12.3. The highest BCUT2D eigenvalue weighted by molar-refractivity contribution is 5.67. The number of esters is 2. The first-order valence-corrected chi connectivity index (χ1v) is 22.0. The molecule has 0 unspecified atom stereocenters. The van der Waals surface area contributed by atoms with Crippen molar-refractivity contribution < 1.29 is 73.4 Å². The molecule has 8 fully saturated rings. The van der Waals surface area contributed by atoms with Gasteiger partial charge in [0.05, 0.1) is 48.8 Å². The fourth-order valence-electron chi connectivity index (χ4n) is 15.2. The van der Waals surface area contributed by atoms with Gasteiger partial charge in [-0.2, -0.15) is 0 Å². The zero-order chi connectivity index (χ0) is 43.0. The minimum absolute atomic E-state index is 0.0659. The number of fused-ring (bicyclic) bond motifs is 2. The Hall–Kier alpha value is -1.50. The first-order chi connectivity index (χ1) is 27.3. The molecule has 5 saturated carbocycles. The molecule has 0 aromatic rings. The van der Waals surface area contributed by atoms with E-state index in [1.165, 1.54) is 13.8 Å². The van der Waals surface area contributed by atoms with Crippen molar-refractivity contribution in [3.05, 3.63) is 0 Å². The van der Waals surface area contributed by atoms with Gasteiger partial charge in [-0.05, 0) is 117 Å². The van der Waals surface area contributed by atoms with Gasteiger partial charge in [0.2, 0.25) is 0 Å². The SMILES string of the molecule is CC(=O)O[C@@H]1[C@@H](OC(C)=O)[C@H](O[C@H]2CC[C@]34C[C@]35CC[C@]3(C)[C@@H]([C@@]6(C)CC[C@@H](C(C)(C)O)O6)[C@@H](O)C[C@@]3(C)[C@@H]5C[C@H](O[C@H]3OC[C@H](O)[C@@H](O)[C@@H]3O)[C@H]4C2(C)C)OC[C@H]1O. The summed E-state index contributed by atoms with van der Waals surface area (Å²) in [5, 5.41) is 66.3. The molecule has 15 nitrogen and oxygen atoms in total. The molecule has 3 heterocycles. The molecule has 0 radical (unpaired) electrons. The molecule has 6 N–H and O–H groups in total. The second kappa shape index (κ2) is 14.5. The van der Waals surface area contributed by atoms with Gasteiger partial charge in [-0.15, -0.1) is 0 Å². The number of aliphatic hydroxyl groups excluding tert-OH is 5. The lowest BCUT2D eigenvalue weighted by atomic mass is 9.41. The van der Waals surface area contributed by atoms with Crippen LogP contribution in [0.3, 0.4) is 0 Å². The summed E-state index contributed by atoms with van der Waals surface area (Å²) in [7, 11) is 0. The van der Waals surface area contributed by atoms with E-state index in [-0.39, 0.29) is 58.7 Å². The maximum Gasteiger partial charge on any atom is 0.303 e. The molecular weight excluding hydrogens is 768 g/mol. The summed E-state index contributed by atoms with van der Waals surface area (Å²) in [5.41, 5.74) is -3.16. The Morgan fingerprint density at radius 2 is 1.34 bits per heavy atom. The molecule has 20 atom stereocenters. The lowest BCUT2D eigenvalue weighted by Gasteiger charge is -2.65. The molecule has 0 aromatic heterocycles. The lowest BCUT2D eigenvalue weighted by Crippen LogP contribution is -2.65. The van der Waals surface area contributed by atoms with Crippen LogP contribution in [-0.2, 0) is 42.7 Å². The molecule has 336 valence electrons. The molecular formula is C44H70O15. The van der Waals surface area contributed by atoms with Crippen LogP contribution in [-0.4, -0.2) is 141 Å². The second-order valence-corrected chi connectivity index (χ2v) is 21.8. The Bertz CT molecular complexity index is 1630. The molecule has 3 saturated heterocycles. The Morgan fingerprint density at radius 3 is 1.98 bits per heavy atom. The van der Waals surface area contributed by atoms with E-state index in [9.17, 15) is 40.2 Å². The normalized spacial score (nSPS) is 54.0. The number of rotatable bonds is 8. The highest BCUT2D eigenvalue weighted by Crippen LogP contribution is 2.89. The third kappa shape index (κ3) is 6.60. The standard InChI is InChI=1S/C44H70O15/c1-21(45)55-32-25(49)19-54-37(33(32)56-22(2)46)58-28-11-13-44-20-43(44)15-14-40(7)34(42(9)12-10-29(59-42)39(5,6)52)23(47)17-41(40,8)27(43)16-26(35(44)38(28,3)4)57-36-31(51)30(50)24(48)18-53-36/h23-37,47-52H,10-20H2,1-9H3/t23-,24-,25+,26-,27-,28-,29-,30+,31-,32-,33+,34-,35-,36+,37-,40+,41-,42+,43-,44+/m0/s1. The van der Waals surface area contributed by atoms with Crippen molar-refractivity contribution in [2.75, 3.05) is 13.2 Å². The first kappa shape index (κ1) is 44.1. The molecule has 0 amide bonds. The maximum atomic E-state index is 12.3. The van der Waals surface area contributed by atoms with Crippen molar-refractivity contribution in [2.45, 2.75) is 205 Å². The molecule has 3 aliphatic heterocycles. The highest BCUT2D eigenvalue weighted by Gasteiger charge is 2.85. The van der Waals surface area contributed by atoms with Gasteiger partial charge in [0.25, 0.3) is 0 Å². The van der Waals surface area contributed by atoms with E-state index in [2.05, 4.69) is 34.6 Å². The molecule has 0 bridgehead atoms. The van der Waals surface area contributed by atoms with E-state index in [0.717, 1.165) is 32.1 Å². The van der Waals surface area contributed by atoms with Gasteiger partial charge in [0.1, 0.15) is 24.4 Å².